The molecule has 0 fully saturated rings. The molecule has 2 aromatic carbocycles. The summed E-state index contributed by atoms with van der Waals surface area (Å²) in [5, 5.41) is 15.3. The molecule has 0 aromatic heterocycles. The van der Waals surface area contributed by atoms with Gasteiger partial charge in [0.1, 0.15) is 0 Å². The van der Waals surface area contributed by atoms with Gasteiger partial charge in [-0.3, -0.25) is 10.1 Å². The minimum Gasteiger partial charge on any atom is -0.377 e. The molecular weight excluding hydrogens is 350 g/mol. The van der Waals surface area contributed by atoms with E-state index in [1.807, 2.05) is 13.0 Å². The van der Waals surface area contributed by atoms with Crippen molar-refractivity contribution in [3.05, 3.63) is 75.4 Å². The molecule has 3 unspecified atom stereocenters. The molecular formula is C23H27N3O2. The quantitative estimate of drug-likeness (QED) is 0.420. The molecule has 0 saturated carbocycles. The Bertz CT molecular complexity index is 916. The molecule has 1 heterocycles. The van der Waals surface area contributed by atoms with Crippen LogP contribution in [0.25, 0.3) is 0 Å². The van der Waals surface area contributed by atoms with Crippen LogP contribution in [0.1, 0.15) is 48.9 Å². The topological polar surface area (TPSA) is 58.4 Å². The first-order valence-electron chi connectivity index (χ1n) is 10.1. The van der Waals surface area contributed by atoms with Crippen LogP contribution >= 0.6 is 0 Å². The molecule has 0 amide bonds. The summed E-state index contributed by atoms with van der Waals surface area (Å²) in [7, 11) is 0. The highest BCUT2D eigenvalue weighted by Crippen LogP contribution is 2.53. The Balaban J connectivity index is 1.74. The number of aryl methyl sites for hydroxylation is 1. The fourth-order valence-electron chi connectivity index (χ4n) is 4.81. The van der Waals surface area contributed by atoms with Gasteiger partial charge in [-0.1, -0.05) is 30.4 Å². The molecule has 0 spiro atoms. The monoisotopic (exact) mass is 377 g/mol. The second kappa shape index (κ2) is 7.30. The van der Waals surface area contributed by atoms with E-state index < -0.39 is 0 Å². The van der Waals surface area contributed by atoms with Gasteiger partial charge in [-0.15, -0.1) is 0 Å². The number of fused-ring (bicyclic) bond motifs is 3. The number of hydrogen-bond donors (Lipinski definition) is 1. The van der Waals surface area contributed by atoms with E-state index in [0.717, 1.165) is 36.3 Å². The summed E-state index contributed by atoms with van der Waals surface area (Å²) in [4.78, 5) is 13.7. The molecule has 146 valence electrons. The van der Waals surface area contributed by atoms with Crippen LogP contribution in [-0.2, 0) is 0 Å². The molecule has 0 bridgehead atoms. The smallest absolute Gasteiger partial charge is 0.275 e. The number of anilines is 2. The number of allylic oxidation sites excluding steroid dienone is 2. The zero-order valence-electron chi connectivity index (χ0n) is 16.7. The average Bonchev–Trinajstić information content (AvgIpc) is 3.19. The van der Waals surface area contributed by atoms with Crippen molar-refractivity contribution in [1.82, 2.24) is 0 Å². The van der Waals surface area contributed by atoms with E-state index in [0.29, 0.717) is 5.92 Å². The van der Waals surface area contributed by atoms with Gasteiger partial charge in [-0.2, -0.15) is 0 Å². The molecule has 1 N–H and O–H groups in total. The second-order valence-corrected chi connectivity index (χ2v) is 7.69. The normalized spacial score (nSPS) is 22.3. The van der Waals surface area contributed by atoms with E-state index in [9.17, 15) is 10.1 Å². The Labute approximate surface area is 166 Å². The zero-order chi connectivity index (χ0) is 19.8. The fourth-order valence-corrected chi connectivity index (χ4v) is 4.81. The third kappa shape index (κ3) is 2.95. The molecule has 5 heteroatoms. The van der Waals surface area contributed by atoms with Crippen LogP contribution in [-0.4, -0.2) is 18.0 Å². The molecule has 0 radical (unpaired) electrons. The Kier molecular flexibility index (Phi) is 4.84. The number of nitro groups is 1. The molecule has 2 aromatic rings. The van der Waals surface area contributed by atoms with Crippen LogP contribution in [0.3, 0.4) is 0 Å². The predicted molar refractivity (Wildman–Crippen MR) is 114 cm³/mol. The summed E-state index contributed by atoms with van der Waals surface area (Å²) >= 11 is 0. The highest BCUT2D eigenvalue weighted by atomic mass is 16.6. The number of benzene rings is 2. The highest BCUT2D eigenvalue weighted by molar-refractivity contribution is 5.70. The van der Waals surface area contributed by atoms with E-state index >= 15 is 0 Å². The fraction of sp³-hybridized carbons (Fsp3) is 0.391. The van der Waals surface area contributed by atoms with Gasteiger partial charge in [0.05, 0.1) is 16.5 Å². The zero-order valence-corrected chi connectivity index (χ0v) is 16.7. The maximum atomic E-state index is 11.6. The van der Waals surface area contributed by atoms with Crippen molar-refractivity contribution in [2.45, 2.75) is 39.2 Å². The van der Waals surface area contributed by atoms with Gasteiger partial charge in [0.15, 0.2) is 0 Å². The number of nitrogens with zero attached hydrogens (tertiary/aromatic N) is 2. The van der Waals surface area contributed by atoms with Crippen LogP contribution in [0.5, 0.6) is 0 Å². The maximum absolute atomic E-state index is 11.6. The van der Waals surface area contributed by atoms with Crippen molar-refractivity contribution < 1.29 is 4.92 Å². The molecule has 28 heavy (non-hydrogen) atoms. The summed E-state index contributed by atoms with van der Waals surface area (Å²) < 4.78 is 0. The van der Waals surface area contributed by atoms with E-state index in [2.05, 4.69) is 60.5 Å². The van der Waals surface area contributed by atoms with Crippen LogP contribution in [0, 0.1) is 23.0 Å². The summed E-state index contributed by atoms with van der Waals surface area (Å²) in [6.45, 7) is 8.34. The third-order valence-electron chi connectivity index (χ3n) is 6.28. The standard InChI is InChI=1S/C23H27N3O2/c1-4-25(5-2)17-12-10-16(11-13-17)23-19-8-6-7-18(19)21-20(26(27)28)14-9-15(3)22(21)24-23/h6-7,9-14,18-19,23-24H,4-5,8H2,1-3H3. The van der Waals surface area contributed by atoms with Gasteiger partial charge < -0.3 is 10.2 Å². The lowest BCUT2D eigenvalue weighted by Gasteiger charge is -2.38. The number of hydrogen-bond acceptors (Lipinski definition) is 4. The minimum atomic E-state index is -0.248. The first-order valence-corrected chi connectivity index (χ1v) is 10.1. The first-order chi connectivity index (χ1) is 13.5. The predicted octanol–water partition coefficient (Wildman–Crippen LogP) is 5.58. The Morgan fingerprint density at radius 1 is 1.14 bits per heavy atom. The van der Waals surface area contributed by atoms with E-state index in [1.54, 1.807) is 6.07 Å². The first kappa shape index (κ1) is 18.5. The summed E-state index contributed by atoms with van der Waals surface area (Å²) in [6.07, 6.45) is 5.27. The lowest BCUT2D eigenvalue weighted by molar-refractivity contribution is -0.385. The van der Waals surface area contributed by atoms with Crippen molar-refractivity contribution in [3.8, 4) is 0 Å². The van der Waals surface area contributed by atoms with Crippen molar-refractivity contribution in [2.75, 3.05) is 23.3 Å². The average molecular weight is 377 g/mol. The van der Waals surface area contributed by atoms with E-state index in [-0.39, 0.29) is 22.6 Å². The molecule has 2 aliphatic rings. The second-order valence-electron chi connectivity index (χ2n) is 7.69. The van der Waals surface area contributed by atoms with Crippen LogP contribution in [0.4, 0.5) is 17.1 Å². The molecule has 0 saturated heterocycles. The van der Waals surface area contributed by atoms with E-state index in [4.69, 9.17) is 0 Å². The van der Waals surface area contributed by atoms with Crippen LogP contribution < -0.4 is 10.2 Å². The Hall–Kier alpha value is -2.82. The highest BCUT2D eigenvalue weighted by Gasteiger charge is 2.42. The Morgan fingerprint density at radius 3 is 2.50 bits per heavy atom. The summed E-state index contributed by atoms with van der Waals surface area (Å²) in [5.74, 6) is 0.385. The molecule has 5 nitrogen and oxygen atoms in total. The maximum Gasteiger partial charge on any atom is 0.275 e. The van der Waals surface area contributed by atoms with Gasteiger partial charge in [0.25, 0.3) is 5.69 Å². The van der Waals surface area contributed by atoms with Gasteiger partial charge in [0, 0.05) is 36.4 Å². The molecule has 4 rings (SSSR count). The summed E-state index contributed by atoms with van der Waals surface area (Å²) in [5.41, 5.74) is 5.54. The molecule has 1 aliphatic heterocycles. The van der Waals surface area contributed by atoms with Crippen LogP contribution in [0.2, 0.25) is 0 Å². The van der Waals surface area contributed by atoms with Crippen molar-refractivity contribution >= 4 is 17.1 Å². The van der Waals surface area contributed by atoms with Crippen molar-refractivity contribution in [2.24, 2.45) is 5.92 Å². The van der Waals surface area contributed by atoms with Gasteiger partial charge >= 0.3 is 0 Å². The molecule has 1 aliphatic carbocycles. The molecule has 3 atom stereocenters. The lowest BCUT2D eigenvalue weighted by Crippen LogP contribution is -2.30. The number of nitro benzene ring substituents is 1. The Morgan fingerprint density at radius 2 is 1.86 bits per heavy atom. The van der Waals surface area contributed by atoms with Crippen molar-refractivity contribution in [1.29, 1.82) is 0 Å². The van der Waals surface area contributed by atoms with E-state index in [1.165, 1.54) is 11.3 Å². The number of rotatable bonds is 5. The van der Waals surface area contributed by atoms with Gasteiger partial charge in [-0.25, -0.2) is 0 Å². The minimum absolute atomic E-state index is 0.0870. The summed E-state index contributed by atoms with van der Waals surface area (Å²) in [6, 6.07) is 12.5. The van der Waals surface area contributed by atoms with Gasteiger partial charge in [-0.05, 0) is 56.4 Å². The van der Waals surface area contributed by atoms with Crippen molar-refractivity contribution in [3.63, 3.8) is 0 Å². The third-order valence-corrected chi connectivity index (χ3v) is 6.28. The lowest BCUT2D eigenvalue weighted by atomic mass is 9.75. The number of nitrogens with one attached hydrogen (secondary N) is 1. The van der Waals surface area contributed by atoms with Gasteiger partial charge in [0.2, 0.25) is 0 Å². The van der Waals surface area contributed by atoms with Crippen LogP contribution in [0.15, 0.2) is 48.6 Å². The SMILES string of the molecule is CCN(CC)c1ccc(C2Nc3c(C)ccc([N+](=O)[O-])c3C3C=CCC32)cc1. The largest absolute Gasteiger partial charge is 0.377 e.